The molecule has 9 heteroatoms. The number of carbonyl (C=O) groups is 2. The number of nitrogens with zero attached hydrogens (tertiary/aromatic N) is 2. The van der Waals surface area contributed by atoms with Crippen molar-refractivity contribution in [2.24, 2.45) is 0 Å². The van der Waals surface area contributed by atoms with Crippen molar-refractivity contribution in [3.05, 3.63) is 33.7 Å². The minimum Gasteiger partial charge on any atom is -0.480 e. The van der Waals surface area contributed by atoms with Gasteiger partial charge in [0.15, 0.2) is 4.96 Å². The van der Waals surface area contributed by atoms with Crippen LogP contribution in [-0.2, 0) is 4.79 Å². The van der Waals surface area contributed by atoms with Gasteiger partial charge in [0, 0.05) is 17.8 Å². The van der Waals surface area contributed by atoms with E-state index in [1.165, 1.54) is 28.1 Å². The highest BCUT2D eigenvalue weighted by Gasteiger charge is 2.41. The standard InChI is InChI=1S/C13H13N3O4S2/c17-9(15-13(11(19)20)1-4-21-5-2-13)8-7-14-12-16(10(8)18)3-6-22-12/h3,6-7H,1-2,4-5H2,(H,15,17)(H,19,20). The third-order valence-electron chi connectivity index (χ3n) is 3.70. The summed E-state index contributed by atoms with van der Waals surface area (Å²) in [4.78, 5) is 40.8. The molecule has 1 aliphatic rings. The molecule has 22 heavy (non-hydrogen) atoms. The predicted molar refractivity (Wildman–Crippen MR) is 83.7 cm³/mol. The molecule has 0 aliphatic carbocycles. The number of hydrogen-bond donors (Lipinski definition) is 2. The van der Waals surface area contributed by atoms with Gasteiger partial charge in [0.2, 0.25) is 0 Å². The molecule has 1 amide bonds. The summed E-state index contributed by atoms with van der Waals surface area (Å²) < 4.78 is 1.28. The lowest BCUT2D eigenvalue weighted by atomic mass is 9.92. The lowest BCUT2D eigenvalue weighted by Gasteiger charge is -2.33. The highest BCUT2D eigenvalue weighted by atomic mass is 32.2. The summed E-state index contributed by atoms with van der Waals surface area (Å²) in [5.74, 6) is -0.431. The molecule has 0 saturated carbocycles. The van der Waals surface area contributed by atoms with Crippen molar-refractivity contribution in [3.63, 3.8) is 0 Å². The zero-order valence-corrected chi connectivity index (χ0v) is 13.1. The number of thioether (sulfide) groups is 1. The number of carboxylic acids is 1. The van der Waals surface area contributed by atoms with E-state index in [0.29, 0.717) is 29.3 Å². The minimum atomic E-state index is -1.30. The monoisotopic (exact) mass is 339 g/mol. The summed E-state index contributed by atoms with van der Waals surface area (Å²) in [6.07, 6.45) is 3.43. The van der Waals surface area contributed by atoms with Crippen LogP contribution in [0.5, 0.6) is 0 Å². The largest absolute Gasteiger partial charge is 0.480 e. The van der Waals surface area contributed by atoms with Crippen LogP contribution in [0.1, 0.15) is 23.2 Å². The second-order valence-electron chi connectivity index (χ2n) is 4.99. The van der Waals surface area contributed by atoms with Gasteiger partial charge in [-0.3, -0.25) is 14.0 Å². The minimum absolute atomic E-state index is 0.144. The predicted octanol–water partition coefficient (Wildman–Crippen LogP) is 0.836. The fraction of sp³-hybridized carbons (Fsp3) is 0.385. The number of nitrogens with one attached hydrogen (secondary N) is 1. The van der Waals surface area contributed by atoms with Crippen LogP contribution < -0.4 is 10.9 Å². The Hall–Kier alpha value is -1.87. The Balaban J connectivity index is 1.93. The van der Waals surface area contributed by atoms with Gasteiger partial charge in [0.1, 0.15) is 11.1 Å². The number of carboxylic acid groups (broad SMARTS) is 1. The number of aromatic nitrogens is 2. The van der Waals surface area contributed by atoms with Gasteiger partial charge in [0.05, 0.1) is 0 Å². The molecule has 0 unspecified atom stereocenters. The van der Waals surface area contributed by atoms with Gasteiger partial charge in [-0.25, -0.2) is 9.78 Å². The van der Waals surface area contributed by atoms with Gasteiger partial charge in [0.25, 0.3) is 11.5 Å². The van der Waals surface area contributed by atoms with E-state index in [1.807, 2.05) is 0 Å². The number of rotatable bonds is 3. The summed E-state index contributed by atoms with van der Waals surface area (Å²) in [6.45, 7) is 0. The Morgan fingerprint density at radius 1 is 1.36 bits per heavy atom. The number of aliphatic carboxylic acids is 1. The molecule has 1 aliphatic heterocycles. The molecular weight excluding hydrogens is 326 g/mol. The van der Waals surface area contributed by atoms with Crippen molar-refractivity contribution in [1.29, 1.82) is 0 Å². The number of fused-ring (bicyclic) bond motifs is 1. The maximum atomic E-state index is 12.4. The Morgan fingerprint density at radius 3 is 2.77 bits per heavy atom. The first-order valence-corrected chi connectivity index (χ1v) is 8.65. The van der Waals surface area contributed by atoms with Crippen LogP contribution in [-0.4, -0.2) is 43.4 Å². The van der Waals surface area contributed by atoms with E-state index in [9.17, 15) is 19.5 Å². The second kappa shape index (κ2) is 5.73. The molecule has 0 spiro atoms. The van der Waals surface area contributed by atoms with Crippen LogP contribution in [0.2, 0.25) is 0 Å². The molecule has 0 radical (unpaired) electrons. The van der Waals surface area contributed by atoms with Crippen LogP contribution in [0, 0.1) is 0 Å². The number of hydrogen-bond acceptors (Lipinski definition) is 6. The molecule has 7 nitrogen and oxygen atoms in total. The van der Waals surface area contributed by atoms with Crippen molar-refractivity contribution in [2.45, 2.75) is 18.4 Å². The van der Waals surface area contributed by atoms with E-state index in [-0.39, 0.29) is 5.56 Å². The van der Waals surface area contributed by atoms with Gasteiger partial charge < -0.3 is 10.4 Å². The summed E-state index contributed by atoms with van der Waals surface area (Å²) >= 11 is 2.94. The molecule has 0 aromatic carbocycles. The molecule has 1 fully saturated rings. The zero-order chi connectivity index (χ0) is 15.7. The fourth-order valence-electron chi connectivity index (χ4n) is 2.38. The molecule has 0 bridgehead atoms. The van der Waals surface area contributed by atoms with E-state index in [1.54, 1.807) is 17.1 Å². The van der Waals surface area contributed by atoms with Crippen molar-refractivity contribution >= 4 is 39.9 Å². The summed E-state index contributed by atoms with van der Waals surface area (Å²) in [7, 11) is 0. The smallest absolute Gasteiger partial charge is 0.329 e. The molecule has 0 atom stereocenters. The summed E-state index contributed by atoms with van der Waals surface area (Å²) in [5, 5.41) is 13.7. The Kier molecular flexibility index (Phi) is 3.92. The van der Waals surface area contributed by atoms with Gasteiger partial charge in [-0.15, -0.1) is 11.3 Å². The second-order valence-corrected chi connectivity index (χ2v) is 7.08. The lowest BCUT2D eigenvalue weighted by molar-refractivity contribution is -0.144. The topological polar surface area (TPSA) is 101 Å². The number of amides is 1. The molecule has 2 N–H and O–H groups in total. The van der Waals surface area contributed by atoms with Crippen molar-refractivity contribution in [1.82, 2.24) is 14.7 Å². The van der Waals surface area contributed by atoms with E-state index in [0.717, 1.165) is 0 Å². The summed E-state index contributed by atoms with van der Waals surface area (Å²) in [6, 6.07) is 0. The van der Waals surface area contributed by atoms with E-state index in [2.05, 4.69) is 10.3 Å². The van der Waals surface area contributed by atoms with Gasteiger partial charge >= 0.3 is 5.97 Å². The Morgan fingerprint density at radius 2 is 2.09 bits per heavy atom. The Bertz CT molecular complexity index is 792. The van der Waals surface area contributed by atoms with Crippen molar-refractivity contribution in [3.8, 4) is 0 Å². The third-order valence-corrected chi connectivity index (χ3v) is 5.45. The molecule has 2 aromatic rings. The SMILES string of the molecule is O=C(NC1(C(=O)O)CCSCC1)c1cnc2sccn2c1=O. The maximum absolute atomic E-state index is 12.4. The maximum Gasteiger partial charge on any atom is 0.329 e. The average molecular weight is 339 g/mol. The molecular formula is C13H13N3O4S2. The zero-order valence-electron chi connectivity index (χ0n) is 11.4. The lowest BCUT2D eigenvalue weighted by Crippen LogP contribution is -2.57. The van der Waals surface area contributed by atoms with Gasteiger partial charge in [-0.2, -0.15) is 11.8 Å². The molecule has 116 valence electrons. The Labute approximate surface area is 133 Å². The quantitative estimate of drug-likeness (QED) is 0.859. The molecule has 3 rings (SSSR count). The van der Waals surface area contributed by atoms with Crippen LogP contribution >= 0.6 is 23.1 Å². The van der Waals surface area contributed by atoms with Gasteiger partial charge in [-0.1, -0.05) is 0 Å². The molecule has 3 heterocycles. The first-order chi connectivity index (χ1) is 10.5. The first kappa shape index (κ1) is 15.0. The number of thiazole rings is 1. The molecule has 1 saturated heterocycles. The van der Waals surface area contributed by atoms with Crippen LogP contribution in [0.25, 0.3) is 4.96 Å². The van der Waals surface area contributed by atoms with Crippen LogP contribution in [0.4, 0.5) is 0 Å². The van der Waals surface area contributed by atoms with Crippen molar-refractivity contribution in [2.75, 3.05) is 11.5 Å². The highest BCUT2D eigenvalue weighted by Crippen LogP contribution is 2.27. The van der Waals surface area contributed by atoms with Crippen LogP contribution in [0.15, 0.2) is 22.6 Å². The van der Waals surface area contributed by atoms with Gasteiger partial charge in [-0.05, 0) is 24.3 Å². The molecule has 2 aromatic heterocycles. The highest BCUT2D eigenvalue weighted by molar-refractivity contribution is 7.99. The normalized spacial score (nSPS) is 17.3. The van der Waals surface area contributed by atoms with Crippen molar-refractivity contribution < 1.29 is 14.7 Å². The third kappa shape index (κ3) is 2.50. The van der Waals surface area contributed by atoms with Crippen LogP contribution in [0.3, 0.4) is 0 Å². The van der Waals surface area contributed by atoms with E-state index >= 15 is 0 Å². The average Bonchev–Trinajstić information content (AvgIpc) is 2.97. The number of carbonyl (C=O) groups excluding carboxylic acids is 1. The van der Waals surface area contributed by atoms with E-state index in [4.69, 9.17) is 0 Å². The first-order valence-electron chi connectivity index (χ1n) is 6.62. The van der Waals surface area contributed by atoms with E-state index < -0.39 is 23.0 Å². The summed E-state index contributed by atoms with van der Waals surface area (Å²) in [5.41, 5.74) is -1.94. The fourth-order valence-corrected chi connectivity index (χ4v) is 4.24.